The zero-order valence-electron chi connectivity index (χ0n) is 42.3. The lowest BCUT2D eigenvalue weighted by atomic mass is 9.47. The molecule has 5 heteroatoms. The fourth-order valence-corrected chi connectivity index (χ4v) is 13.8. The van der Waals surface area contributed by atoms with Crippen molar-refractivity contribution in [3.05, 3.63) is 23.8 Å². The van der Waals surface area contributed by atoms with E-state index < -0.39 is 0 Å². The molecule has 0 spiro atoms. The van der Waals surface area contributed by atoms with E-state index in [0.717, 1.165) is 61.5 Å². The quantitative estimate of drug-likeness (QED) is 0.0485. The normalized spacial score (nSPS) is 31.1. The molecule has 5 nitrogen and oxygen atoms in total. The van der Waals surface area contributed by atoms with Crippen molar-refractivity contribution in [1.29, 1.82) is 0 Å². The molecule has 62 heavy (non-hydrogen) atoms. The number of hydrogen-bond donors (Lipinski definition) is 0. The van der Waals surface area contributed by atoms with E-state index in [1.807, 2.05) is 0 Å². The molecule has 0 N–H and O–H groups in total. The van der Waals surface area contributed by atoms with Gasteiger partial charge in [0.1, 0.15) is 0 Å². The molecular weight excluding hydrogens is 763 g/mol. The van der Waals surface area contributed by atoms with Crippen molar-refractivity contribution in [2.24, 2.45) is 46.3 Å². The molecule has 3 saturated carbocycles. The zero-order valence-corrected chi connectivity index (χ0v) is 42.3. The standard InChI is InChI=1S/C57H103NO4/c1-8-9-10-11-12-13-14-15-16-17-18-19-20-21-22-23-38-60-45-51(44-58-37-25-28-48(58)5)62-42-40-59-39-41-61-50-33-35-56(6)49(43-50)29-30-52-54-32-31-53(47(4)27-24-26-46(2)3)57(54,7)36-34-55(52)56/h15-16,29,46-48,50-55H,8-14,17-28,30-45H2,1-7H3/b16-15-/t47-,48?,50+,51?,52+,53?,54?,55?,56+,57-/m1/s1. The Balaban J connectivity index is 0.909. The maximum atomic E-state index is 6.52. The van der Waals surface area contributed by atoms with E-state index in [4.69, 9.17) is 18.9 Å². The Labute approximate surface area is 385 Å². The SMILES string of the molecule is CCCCCCCC/C=C\CCCCCCCCOCC(CN1CCCC1C)OCCOCCO[C@H]1CC[C@@]2(C)C(=CC[C@H]3C4CCC([C@H](C)CCCC(C)C)[C@@]4(C)CCC32)C1. The Hall–Kier alpha value is -0.720. The van der Waals surface area contributed by atoms with Gasteiger partial charge in [-0.2, -0.15) is 0 Å². The molecule has 4 aliphatic carbocycles. The molecule has 1 saturated heterocycles. The highest BCUT2D eigenvalue weighted by molar-refractivity contribution is 5.25. The van der Waals surface area contributed by atoms with Crippen molar-refractivity contribution in [3.8, 4) is 0 Å². The summed E-state index contributed by atoms with van der Waals surface area (Å²) in [7, 11) is 0. The van der Waals surface area contributed by atoms with E-state index >= 15 is 0 Å². The van der Waals surface area contributed by atoms with Crippen LogP contribution in [0.25, 0.3) is 0 Å². The summed E-state index contributed by atoms with van der Waals surface area (Å²) >= 11 is 0. The van der Waals surface area contributed by atoms with E-state index in [0.29, 0.717) is 56.0 Å². The zero-order chi connectivity index (χ0) is 44.0. The first-order valence-corrected chi connectivity index (χ1v) is 27.6. The predicted octanol–water partition coefficient (Wildman–Crippen LogP) is 15.4. The molecule has 0 aromatic carbocycles. The maximum Gasteiger partial charge on any atom is 0.0936 e. The van der Waals surface area contributed by atoms with Crippen LogP contribution >= 0.6 is 0 Å². The summed E-state index contributed by atoms with van der Waals surface area (Å²) in [5.41, 5.74) is 2.68. The molecule has 5 rings (SSSR count). The second kappa shape index (κ2) is 28.5. The van der Waals surface area contributed by atoms with Gasteiger partial charge in [0.15, 0.2) is 0 Å². The smallest absolute Gasteiger partial charge is 0.0936 e. The van der Waals surface area contributed by atoms with Crippen molar-refractivity contribution >= 4 is 0 Å². The molecule has 0 amide bonds. The topological polar surface area (TPSA) is 40.2 Å². The number of fused-ring (bicyclic) bond motifs is 5. The number of unbranched alkanes of at least 4 members (excludes halogenated alkanes) is 12. The maximum absolute atomic E-state index is 6.52. The van der Waals surface area contributed by atoms with Gasteiger partial charge < -0.3 is 18.9 Å². The van der Waals surface area contributed by atoms with Crippen LogP contribution in [0, 0.1) is 46.3 Å². The van der Waals surface area contributed by atoms with E-state index in [-0.39, 0.29) is 6.10 Å². The third-order valence-corrected chi connectivity index (χ3v) is 17.7. The van der Waals surface area contributed by atoms with Crippen molar-refractivity contribution < 1.29 is 18.9 Å². The van der Waals surface area contributed by atoms with Crippen LogP contribution in [-0.2, 0) is 18.9 Å². The van der Waals surface area contributed by atoms with Gasteiger partial charge >= 0.3 is 0 Å². The van der Waals surface area contributed by atoms with Crippen molar-refractivity contribution in [1.82, 2.24) is 4.90 Å². The van der Waals surface area contributed by atoms with E-state index in [2.05, 4.69) is 71.6 Å². The van der Waals surface area contributed by atoms with Crippen LogP contribution in [0.1, 0.15) is 222 Å². The molecule has 1 heterocycles. The van der Waals surface area contributed by atoms with Gasteiger partial charge in [-0.1, -0.05) is 142 Å². The molecule has 0 aromatic rings. The van der Waals surface area contributed by atoms with Gasteiger partial charge in [0.2, 0.25) is 0 Å². The minimum absolute atomic E-state index is 0.112. The molecular formula is C57H103NO4. The van der Waals surface area contributed by atoms with Crippen LogP contribution < -0.4 is 0 Å². The fraction of sp³-hybridized carbons (Fsp3) is 0.930. The third kappa shape index (κ3) is 16.3. The second-order valence-electron chi connectivity index (χ2n) is 22.6. The summed E-state index contributed by atoms with van der Waals surface area (Å²) in [5, 5.41) is 0. The molecule has 5 unspecified atom stereocenters. The third-order valence-electron chi connectivity index (χ3n) is 17.7. The fourth-order valence-electron chi connectivity index (χ4n) is 13.8. The van der Waals surface area contributed by atoms with Crippen LogP contribution in [0.15, 0.2) is 23.8 Å². The summed E-state index contributed by atoms with van der Waals surface area (Å²) < 4.78 is 25.3. The van der Waals surface area contributed by atoms with Gasteiger partial charge in [0.05, 0.1) is 45.2 Å². The van der Waals surface area contributed by atoms with Gasteiger partial charge in [0, 0.05) is 19.2 Å². The molecule has 4 fully saturated rings. The number of ether oxygens (including phenoxy) is 4. The van der Waals surface area contributed by atoms with E-state index in [9.17, 15) is 0 Å². The van der Waals surface area contributed by atoms with Crippen molar-refractivity contribution in [2.45, 2.75) is 240 Å². The predicted molar refractivity (Wildman–Crippen MR) is 264 cm³/mol. The lowest BCUT2D eigenvalue weighted by molar-refractivity contribution is -0.0736. The average Bonchev–Trinajstić information content (AvgIpc) is 3.83. The number of hydrogen-bond acceptors (Lipinski definition) is 5. The number of nitrogens with zero attached hydrogens (tertiary/aromatic N) is 1. The summed E-state index contributed by atoms with van der Waals surface area (Å²) in [5.74, 6) is 5.37. The Morgan fingerprint density at radius 2 is 1.45 bits per heavy atom. The number of allylic oxidation sites excluding steroid dienone is 3. The summed E-state index contributed by atoms with van der Waals surface area (Å²) in [6, 6.07) is 0.644. The molecule has 0 bridgehead atoms. The van der Waals surface area contributed by atoms with E-state index in [1.165, 1.54) is 167 Å². The number of rotatable bonds is 33. The first-order chi connectivity index (χ1) is 30.2. The largest absolute Gasteiger partial charge is 0.379 e. The Morgan fingerprint density at radius 3 is 2.18 bits per heavy atom. The van der Waals surface area contributed by atoms with Crippen molar-refractivity contribution in [2.75, 3.05) is 52.7 Å². The van der Waals surface area contributed by atoms with Gasteiger partial charge in [0.25, 0.3) is 0 Å². The first kappa shape index (κ1) is 52.3. The van der Waals surface area contributed by atoms with E-state index in [1.54, 1.807) is 5.57 Å². The minimum Gasteiger partial charge on any atom is -0.379 e. The lowest BCUT2D eigenvalue weighted by Crippen LogP contribution is -2.51. The Kier molecular flexibility index (Phi) is 24.0. The molecule has 10 atom stereocenters. The van der Waals surface area contributed by atoms with Gasteiger partial charge in [-0.25, -0.2) is 0 Å². The molecule has 5 aliphatic rings. The van der Waals surface area contributed by atoms with Crippen LogP contribution in [0.5, 0.6) is 0 Å². The highest BCUT2D eigenvalue weighted by Crippen LogP contribution is 2.67. The molecule has 0 radical (unpaired) electrons. The van der Waals surface area contributed by atoms with Crippen LogP contribution in [0.4, 0.5) is 0 Å². The van der Waals surface area contributed by atoms with Crippen molar-refractivity contribution in [3.63, 3.8) is 0 Å². The van der Waals surface area contributed by atoms with Crippen LogP contribution in [-0.4, -0.2) is 75.9 Å². The average molecular weight is 866 g/mol. The molecule has 1 aliphatic heterocycles. The Morgan fingerprint density at radius 1 is 0.726 bits per heavy atom. The highest BCUT2D eigenvalue weighted by atomic mass is 16.6. The van der Waals surface area contributed by atoms with Crippen LogP contribution in [0.3, 0.4) is 0 Å². The lowest BCUT2D eigenvalue weighted by Gasteiger charge is -2.58. The van der Waals surface area contributed by atoms with Gasteiger partial charge in [-0.15, -0.1) is 0 Å². The molecule has 0 aromatic heterocycles. The summed E-state index contributed by atoms with van der Waals surface area (Å²) in [6.07, 6.45) is 44.4. The second-order valence-corrected chi connectivity index (χ2v) is 22.6. The van der Waals surface area contributed by atoms with Gasteiger partial charge in [-0.05, 0) is 156 Å². The summed E-state index contributed by atoms with van der Waals surface area (Å²) in [6.45, 7) is 23.7. The minimum atomic E-state index is 0.112. The first-order valence-electron chi connectivity index (χ1n) is 27.6. The van der Waals surface area contributed by atoms with Gasteiger partial charge in [-0.3, -0.25) is 4.90 Å². The van der Waals surface area contributed by atoms with Crippen LogP contribution in [0.2, 0.25) is 0 Å². The summed E-state index contributed by atoms with van der Waals surface area (Å²) in [4.78, 5) is 2.59. The monoisotopic (exact) mass is 866 g/mol. The number of likely N-dealkylation sites (tertiary alicyclic amines) is 1. The molecule has 360 valence electrons. The highest BCUT2D eigenvalue weighted by Gasteiger charge is 2.59. The Bertz CT molecular complexity index is 1250.